The molecule has 1 aromatic heterocycles. The zero-order valence-electron chi connectivity index (χ0n) is 22.5. The van der Waals surface area contributed by atoms with Crippen LogP contribution in [0.15, 0.2) is 71.6 Å². The molecule has 0 atom stereocenters. The molecule has 0 spiro atoms. The number of sulfonamides is 1. The van der Waals surface area contributed by atoms with Crippen LogP contribution >= 0.6 is 0 Å². The lowest BCUT2D eigenvalue weighted by Crippen LogP contribution is -2.30. The number of rotatable bonds is 10. The molecule has 11 nitrogen and oxygen atoms in total. The van der Waals surface area contributed by atoms with E-state index in [0.717, 1.165) is 12.1 Å². The number of anilines is 1. The molecule has 4 aromatic rings. The van der Waals surface area contributed by atoms with Gasteiger partial charge in [-0.05, 0) is 87.5 Å². The van der Waals surface area contributed by atoms with Gasteiger partial charge in [0.1, 0.15) is 22.2 Å². The fraction of sp³-hybridized carbons (Fsp3) is 0.179. The summed E-state index contributed by atoms with van der Waals surface area (Å²) in [5.41, 5.74) is 0.592. The van der Waals surface area contributed by atoms with Crippen molar-refractivity contribution in [3.05, 3.63) is 89.4 Å². The van der Waals surface area contributed by atoms with Gasteiger partial charge in [-0.25, -0.2) is 22.3 Å². The Morgan fingerprint density at radius 1 is 1.02 bits per heavy atom. The van der Waals surface area contributed by atoms with E-state index in [0.29, 0.717) is 11.4 Å². The summed E-state index contributed by atoms with van der Waals surface area (Å²) < 4.78 is 54.9. The highest BCUT2D eigenvalue weighted by Gasteiger charge is 2.27. The average molecular weight is 583 g/mol. The lowest BCUT2D eigenvalue weighted by molar-refractivity contribution is 0.0689. The minimum Gasteiger partial charge on any atom is -0.497 e. The van der Waals surface area contributed by atoms with Crippen molar-refractivity contribution < 1.29 is 37.0 Å². The van der Waals surface area contributed by atoms with Crippen LogP contribution in [0, 0.1) is 12.7 Å². The standard InChI is InChI=1S/C28H27FN4O7S/c1-16(2)32-41(37,38)24-15-20(30-26(34)18-5-7-19(29)8-6-18)9-14-23(24)40-27-17(3)25(28(35)36)31-33(27)21-10-12-22(39-4)13-11-21/h5-16,32H,1-4H3,(H,30,34)(H,35,36). The highest BCUT2D eigenvalue weighted by Crippen LogP contribution is 2.35. The zero-order chi connectivity index (χ0) is 29.9. The molecule has 0 aliphatic heterocycles. The van der Waals surface area contributed by atoms with Crippen molar-refractivity contribution in [3.63, 3.8) is 0 Å². The Bertz CT molecular complexity index is 1700. The number of hydrogen-bond donors (Lipinski definition) is 3. The van der Waals surface area contributed by atoms with Crippen LogP contribution < -0.4 is 19.5 Å². The Labute approximate surface area is 235 Å². The summed E-state index contributed by atoms with van der Waals surface area (Å²) in [6.45, 7) is 4.77. The van der Waals surface area contributed by atoms with Crippen molar-refractivity contribution in [1.82, 2.24) is 14.5 Å². The molecule has 0 saturated heterocycles. The second-order valence-electron chi connectivity index (χ2n) is 9.19. The van der Waals surface area contributed by atoms with Crippen LogP contribution in [0.1, 0.15) is 40.3 Å². The highest BCUT2D eigenvalue weighted by molar-refractivity contribution is 7.89. The number of methoxy groups -OCH3 is 1. The van der Waals surface area contributed by atoms with Gasteiger partial charge in [-0.15, -0.1) is 0 Å². The first kappa shape index (κ1) is 29.2. The van der Waals surface area contributed by atoms with E-state index in [1.807, 2.05) is 0 Å². The molecule has 13 heteroatoms. The van der Waals surface area contributed by atoms with Crippen LogP contribution in [-0.4, -0.2) is 48.3 Å². The Balaban J connectivity index is 1.79. The van der Waals surface area contributed by atoms with Crippen molar-refractivity contribution in [2.24, 2.45) is 0 Å². The van der Waals surface area contributed by atoms with Gasteiger partial charge in [-0.3, -0.25) is 4.79 Å². The predicted molar refractivity (Wildman–Crippen MR) is 148 cm³/mol. The maximum absolute atomic E-state index is 13.3. The summed E-state index contributed by atoms with van der Waals surface area (Å²) in [4.78, 5) is 24.3. The van der Waals surface area contributed by atoms with Crippen molar-refractivity contribution in [2.45, 2.75) is 31.7 Å². The summed E-state index contributed by atoms with van der Waals surface area (Å²) in [7, 11) is -2.68. The molecule has 214 valence electrons. The van der Waals surface area contributed by atoms with E-state index in [4.69, 9.17) is 9.47 Å². The van der Waals surface area contributed by atoms with Crippen LogP contribution in [0.2, 0.25) is 0 Å². The molecule has 0 bridgehead atoms. The number of nitrogens with zero attached hydrogens (tertiary/aromatic N) is 2. The Kier molecular flexibility index (Phi) is 8.40. The molecule has 0 aliphatic rings. The summed E-state index contributed by atoms with van der Waals surface area (Å²) in [6, 6.07) is 14.9. The third-order valence-corrected chi connectivity index (χ3v) is 7.46. The third kappa shape index (κ3) is 6.53. The topological polar surface area (TPSA) is 149 Å². The molecule has 3 N–H and O–H groups in total. The highest BCUT2D eigenvalue weighted by atomic mass is 32.2. The first-order valence-electron chi connectivity index (χ1n) is 12.3. The van der Waals surface area contributed by atoms with Crippen molar-refractivity contribution in [3.8, 4) is 23.1 Å². The molecule has 0 aliphatic carbocycles. The van der Waals surface area contributed by atoms with Crippen LogP contribution in [0.3, 0.4) is 0 Å². The molecule has 1 heterocycles. The minimum atomic E-state index is -4.19. The fourth-order valence-corrected chi connectivity index (χ4v) is 5.27. The Morgan fingerprint density at radius 2 is 1.68 bits per heavy atom. The van der Waals surface area contributed by atoms with E-state index in [-0.39, 0.29) is 39.0 Å². The number of benzene rings is 3. The van der Waals surface area contributed by atoms with Gasteiger partial charge in [-0.2, -0.15) is 9.78 Å². The van der Waals surface area contributed by atoms with Crippen LogP contribution in [0.5, 0.6) is 17.4 Å². The van der Waals surface area contributed by atoms with E-state index >= 15 is 0 Å². The number of carbonyl (C=O) groups is 2. The number of aromatic carboxylic acids is 1. The van der Waals surface area contributed by atoms with E-state index < -0.39 is 33.8 Å². The molecule has 1 amide bonds. The van der Waals surface area contributed by atoms with Gasteiger partial charge in [0.25, 0.3) is 5.91 Å². The second kappa shape index (κ2) is 11.8. The number of amides is 1. The number of ether oxygens (including phenoxy) is 2. The lowest BCUT2D eigenvalue weighted by Gasteiger charge is -2.17. The van der Waals surface area contributed by atoms with E-state index in [1.54, 1.807) is 38.1 Å². The van der Waals surface area contributed by atoms with Crippen LogP contribution in [0.4, 0.5) is 10.1 Å². The smallest absolute Gasteiger partial charge is 0.356 e. The monoisotopic (exact) mass is 582 g/mol. The number of halogens is 1. The van der Waals surface area contributed by atoms with Crippen molar-refractivity contribution in [2.75, 3.05) is 12.4 Å². The number of hydrogen-bond acceptors (Lipinski definition) is 7. The van der Waals surface area contributed by atoms with Crippen molar-refractivity contribution >= 4 is 27.6 Å². The molecule has 0 saturated carbocycles. The van der Waals surface area contributed by atoms with Gasteiger partial charge < -0.3 is 19.9 Å². The molecule has 3 aromatic carbocycles. The summed E-state index contributed by atoms with van der Waals surface area (Å²) in [6.07, 6.45) is 0. The van der Waals surface area contributed by atoms with Crippen LogP contribution in [0.25, 0.3) is 5.69 Å². The number of carboxylic acid groups (broad SMARTS) is 1. The average Bonchev–Trinajstić information content (AvgIpc) is 3.25. The SMILES string of the molecule is COc1ccc(-n2nc(C(=O)O)c(C)c2Oc2ccc(NC(=O)c3ccc(F)cc3)cc2S(=O)(=O)NC(C)C)cc1. The zero-order valence-corrected chi connectivity index (χ0v) is 23.3. The minimum absolute atomic E-state index is 0.0309. The first-order chi connectivity index (χ1) is 19.4. The number of carboxylic acids is 1. The summed E-state index contributed by atoms with van der Waals surface area (Å²) in [5, 5.41) is 16.5. The quantitative estimate of drug-likeness (QED) is 0.242. The summed E-state index contributed by atoms with van der Waals surface area (Å²) >= 11 is 0. The van der Waals surface area contributed by atoms with Gasteiger partial charge in [-0.1, -0.05) is 0 Å². The van der Waals surface area contributed by atoms with Gasteiger partial charge >= 0.3 is 5.97 Å². The molecule has 0 fully saturated rings. The Hall–Kier alpha value is -4.75. The third-order valence-electron chi connectivity index (χ3n) is 5.78. The number of nitrogens with one attached hydrogen (secondary N) is 2. The van der Waals surface area contributed by atoms with Gasteiger partial charge in [0.2, 0.25) is 15.9 Å². The van der Waals surface area contributed by atoms with Gasteiger partial charge in [0.05, 0.1) is 12.8 Å². The van der Waals surface area contributed by atoms with Crippen molar-refractivity contribution in [1.29, 1.82) is 0 Å². The van der Waals surface area contributed by atoms with E-state index in [9.17, 15) is 27.5 Å². The normalized spacial score (nSPS) is 11.4. The fourth-order valence-electron chi connectivity index (χ4n) is 3.86. The predicted octanol–water partition coefficient (Wildman–Crippen LogP) is 4.76. The molecule has 4 rings (SSSR count). The van der Waals surface area contributed by atoms with Gasteiger partial charge in [0.15, 0.2) is 5.69 Å². The Morgan fingerprint density at radius 3 is 2.27 bits per heavy atom. The van der Waals surface area contributed by atoms with E-state index in [1.165, 1.54) is 49.0 Å². The maximum Gasteiger partial charge on any atom is 0.356 e. The van der Waals surface area contributed by atoms with E-state index in [2.05, 4.69) is 15.1 Å². The first-order valence-corrected chi connectivity index (χ1v) is 13.8. The maximum atomic E-state index is 13.3. The largest absolute Gasteiger partial charge is 0.497 e. The van der Waals surface area contributed by atoms with Gasteiger partial charge in [0, 0.05) is 22.9 Å². The molecule has 0 unspecified atom stereocenters. The molecular formula is C28H27FN4O7S. The number of carbonyl (C=O) groups excluding carboxylic acids is 1. The molecular weight excluding hydrogens is 555 g/mol. The summed E-state index contributed by atoms with van der Waals surface area (Å²) in [5.74, 6) is -2.01. The second-order valence-corrected chi connectivity index (χ2v) is 10.9. The molecule has 0 radical (unpaired) electrons. The molecule has 41 heavy (non-hydrogen) atoms. The lowest BCUT2D eigenvalue weighted by atomic mass is 10.2. The number of aromatic nitrogens is 2. The van der Waals surface area contributed by atoms with Crippen LogP contribution in [-0.2, 0) is 10.0 Å².